The van der Waals surface area contributed by atoms with Gasteiger partial charge >= 0.3 is 0 Å². The molecule has 1 heterocycles. The first kappa shape index (κ1) is 7.70. The highest BCUT2D eigenvalue weighted by molar-refractivity contribution is 5.30. The topological polar surface area (TPSA) is 38.9 Å². The summed E-state index contributed by atoms with van der Waals surface area (Å²) in [6.07, 6.45) is 6.44. The standard InChI is InChI=1S/C8H7FN2/c1-2-6-3-7(9)8(4-10)11-5-6/h1,3,5H,4,10H2. The summed E-state index contributed by atoms with van der Waals surface area (Å²) >= 11 is 0. The molecule has 0 amide bonds. The van der Waals surface area contributed by atoms with Crippen LogP contribution in [0.15, 0.2) is 12.3 Å². The average molecular weight is 150 g/mol. The van der Waals surface area contributed by atoms with Crippen molar-refractivity contribution in [3.63, 3.8) is 0 Å². The molecule has 0 aliphatic carbocycles. The molecular formula is C8H7FN2. The first-order chi connectivity index (χ1) is 5.27. The molecule has 11 heavy (non-hydrogen) atoms. The predicted molar refractivity (Wildman–Crippen MR) is 40.0 cm³/mol. The van der Waals surface area contributed by atoms with E-state index in [4.69, 9.17) is 12.2 Å². The highest BCUT2D eigenvalue weighted by Gasteiger charge is 2.00. The maximum Gasteiger partial charge on any atom is 0.147 e. The third-order valence-corrected chi connectivity index (χ3v) is 1.28. The molecule has 0 unspecified atom stereocenters. The van der Waals surface area contributed by atoms with Crippen LogP contribution in [0.5, 0.6) is 0 Å². The summed E-state index contributed by atoms with van der Waals surface area (Å²) in [4.78, 5) is 3.73. The van der Waals surface area contributed by atoms with E-state index in [1.807, 2.05) is 0 Å². The lowest BCUT2D eigenvalue weighted by atomic mass is 10.2. The Kier molecular flexibility index (Phi) is 2.19. The van der Waals surface area contributed by atoms with Gasteiger partial charge in [-0.25, -0.2) is 4.39 Å². The Morgan fingerprint density at radius 1 is 1.73 bits per heavy atom. The Morgan fingerprint density at radius 2 is 2.45 bits per heavy atom. The molecule has 0 aliphatic heterocycles. The van der Waals surface area contributed by atoms with Crippen molar-refractivity contribution in [1.29, 1.82) is 0 Å². The van der Waals surface area contributed by atoms with Gasteiger partial charge in [0, 0.05) is 18.3 Å². The number of halogens is 1. The van der Waals surface area contributed by atoms with Gasteiger partial charge in [-0.05, 0) is 6.07 Å². The minimum atomic E-state index is -0.442. The van der Waals surface area contributed by atoms with E-state index in [1.54, 1.807) is 0 Å². The van der Waals surface area contributed by atoms with E-state index in [1.165, 1.54) is 12.3 Å². The minimum Gasteiger partial charge on any atom is -0.325 e. The van der Waals surface area contributed by atoms with Gasteiger partial charge in [-0.15, -0.1) is 6.42 Å². The van der Waals surface area contributed by atoms with Crippen LogP contribution in [0.1, 0.15) is 11.3 Å². The molecule has 0 saturated carbocycles. The number of nitrogens with zero attached hydrogens (tertiary/aromatic N) is 1. The molecular weight excluding hydrogens is 143 g/mol. The molecule has 3 heteroatoms. The Bertz CT molecular complexity index is 301. The third kappa shape index (κ3) is 1.54. The van der Waals surface area contributed by atoms with Crippen molar-refractivity contribution in [3.05, 3.63) is 29.3 Å². The summed E-state index contributed by atoms with van der Waals surface area (Å²) in [7, 11) is 0. The Labute approximate surface area is 64.3 Å². The number of nitrogens with two attached hydrogens (primary N) is 1. The fourth-order valence-electron chi connectivity index (χ4n) is 0.695. The SMILES string of the molecule is C#Cc1cnc(CN)c(F)c1. The van der Waals surface area contributed by atoms with Crippen molar-refractivity contribution in [2.24, 2.45) is 5.73 Å². The molecule has 2 N–H and O–H groups in total. The van der Waals surface area contributed by atoms with E-state index in [9.17, 15) is 4.39 Å². The number of hydrogen-bond donors (Lipinski definition) is 1. The van der Waals surface area contributed by atoms with Crippen LogP contribution in [-0.2, 0) is 6.54 Å². The smallest absolute Gasteiger partial charge is 0.147 e. The summed E-state index contributed by atoms with van der Waals surface area (Å²) in [6.45, 7) is 0.0939. The van der Waals surface area contributed by atoms with Crippen LogP contribution < -0.4 is 5.73 Å². The third-order valence-electron chi connectivity index (χ3n) is 1.28. The number of terminal acetylenes is 1. The first-order valence-electron chi connectivity index (χ1n) is 3.09. The van der Waals surface area contributed by atoms with Crippen LogP contribution in [0.2, 0.25) is 0 Å². The van der Waals surface area contributed by atoms with E-state index in [-0.39, 0.29) is 12.2 Å². The molecule has 0 radical (unpaired) electrons. The minimum absolute atomic E-state index is 0.0939. The van der Waals surface area contributed by atoms with Crippen LogP contribution in [-0.4, -0.2) is 4.98 Å². The van der Waals surface area contributed by atoms with Gasteiger partial charge in [-0.2, -0.15) is 0 Å². The normalized spacial score (nSPS) is 9.18. The van der Waals surface area contributed by atoms with Crippen LogP contribution in [0.3, 0.4) is 0 Å². The monoisotopic (exact) mass is 150 g/mol. The van der Waals surface area contributed by atoms with Gasteiger partial charge in [0.2, 0.25) is 0 Å². The predicted octanol–water partition coefficient (Wildman–Crippen LogP) is 0.661. The quantitative estimate of drug-likeness (QED) is 0.597. The van der Waals surface area contributed by atoms with Gasteiger partial charge in [-0.3, -0.25) is 4.98 Å². The maximum atomic E-state index is 12.8. The molecule has 56 valence electrons. The molecule has 0 saturated heterocycles. The molecule has 0 spiro atoms. The lowest BCUT2D eigenvalue weighted by Gasteiger charge is -1.97. The number of pyridine rings is 1. The number of rotatable bonds is 1. The molecule has 0 fully saturated rings. The lowest BCUT2D eigenvalue weighted by Crippen LogP contribution is -2.02. The van der Waals surface area contributed by atoms with Crippen LogP contribution in [0.4, 0.5) is 4.39 Å². The highest BCUT2D eigenvalue weighted by atomic mass is 19.1. The highest BCUT2D eigenvalue weighted by Crippen LogP contribution is 2.04. The second kappa shape index (κ2) is 3.13. The Balaban J connectivity index is 3.12. The van der Waals surface area contributed by atoms with Gasteiger partial charge in [0.25, 0.3) is 0 Å². The summed E-state index contributed by atoms with van der Waals surface area (Å²) in [5, 5.41) is 0. The fraction of sp³-hybridized carbons (Fsp3) is 0.125. The Hall–Kier alpha value is -1.40. The van der Waals surface area contributed by atoms with Crippen LogP contribution >= 0.6 is 0 Å². The van der Waals surface area contributed by atoms with Gasteiger partial charge < -0.3 is 5.73 Å². The summed E-state index contributed by atoms with van der Waals surface area (Å²) < 4.78 is 12.8. The van der Waals surface area contributed by atoms with E-state index in [0.717, 1.165) is 0 Å². The second-order valence-electron chi connectivity index (χ2n) is 2.00. The lowest BCUT2D eigenvalue weighted by molar-refractivity contribution is 0.599. The van der Waals surface area contributed by atoms with E-state index in [0.29, 0.717) is 5.56 Å². The molecule has 0 aromatic carbocycles. The molecule has 1 rings (SSSR count). The molecule has 0 atom stereocenters. The maximum absolute atomic E-state index is 12.8. The van der Waals surface area contributed by atoms with Crippen molar-refractivity contribution in [2.75, 3.05) is 0 Å². The van der Waals surface area contributed by atoms with Crippen molar-refractivity contribution in [3.8, 4) is 12.3 Å². The molecule has 1 aromatic heterocycles. The summed E-state index contributed by atoms with van der Waals surface area (Å²) in [5.74, 6) is 1.83. The average Bonchev–Trinajstić information content (AvgIpc) is 2.04. The van der Waals surface area contributed by atoms with E-state index < -0.39 is 5.82 Å². The molecule has 1 aromatic rings. The van der Waals surface area contributed by atoms with Crippen molar-refractivity contribution >= 4 is 0 Å². The number of aromatic nitrogens is 1. The van der Waals surface area contributed by atoms with E-state index >= 15 is 0 Å². The second-order valence-corrected chi connectivity index (χ2v) is 2.00. The molecule has 2 nitrogen and oxygen atoms in total. The van der Waals surface area contributed by atoms with Crippen LogP contribution in [0.25, 0.3) is 0 Å². The van der Waals surface area contributed by atoms with Crippen molar-refractivity contribution in [1.82, 2.24) is 4.98 Å². The molecule has 0 aliphatic rings. The van der Waals surface area contributed by atoms with Gasteiger partial charge in [0.15, 0.2) is 0 Å². The Morgan fingerprint density at radius 3 is 2.91 bits per heavy atom. The summed E-state index contributed by atoms with van der Waals surface area (Å²) in [6, 6.07) is 1.25. The van der Waals surface area contributed by atoms with Crippen LogP contribution in [0, 0.1) is 18.2 Å². The fourth-order valence-corrected chi connectivity index (χ4v) is 0.695. The zero-order chi connectivity index (χ0) is 8.27. The zero-order valence-electron chi connectivity index (χ0n) is 5.84. The van der Waals surface area contributed by atoms with Gasteiger partial charge in [0.1, 0.15) is 5.82 Å². The largest absolute Gasteiger partial charge is 0.325 e. The zero-order valence-corrected chi connectivity index (χ0v) is 5.84. The van der Waals surface area contributed by atoms with Gasteiger partial charge in [-0.1, -0.05) is 5.92 Å². The number of hydrogen-bond acceptors (Lipinski definition) is 2. The summed E-state index contributed by atoms with van der Waals surface area (Å²) in [5.41, 5.74) is 5.86. The van der Waals surface area contributed by atoms with Crippen molar-refractivity contribution < 1.29 is 4.39 Å². The van der Waals surface area contributed by atoms with E-state index in [2.05, 4.69) is 10.9 Å². The van der Waals surface area contributed by atoms with Gasteiger partial charge in [0.05, 0.1) is 5.69 Å². The first-order valence-corrected chi connectivity index (χ1v) is 3.09. The molecule has 0 bridgehead atoms. The van der Waals surface area contributed by atoms with Crippen molar-refractivity contribution in [2.45, 2.75) is 6.54 Å².